The molecule has 2 rings (SSSR count). The highest BCUT2D eigenvalue weighted by molar-refractivity contribution is 5.43. The van der Waals surface area contributed by atoms with Crippen LogP contribution in [0.25, 0.3) is 0 Å². The van der Waals surface area contributed by atoms with Gasteiger partial charge in [-0.2, -0.15) is 13.8 Å². The number of halogens is 2. The number of benzene rings is 1. The number of hydrogen-bond acceptors (Lipinski definition) is 2. The van der Waals surface area contributed by atoms with Crippen molar-refractivity contribution in [3.8, 4) is 17.6 Å². The molecule has 0 aliphatic carbocycles. The minimum atomic E-state index is -0.901. The van der Waals surface area contributed by atoms with E-state index in [1.54, 1.807) is 12.1 Å². The van der Waals surface area contributed by atoms with E-state index < -0.39 is 11.9 Å². The Labute approximate surface area is 122 Å². The molecule has 0 saturated carbocycles. The SMILES string of the molecule is CCCCOc1ccc(C#Cc2ccc(F)nc2F)cc1. The van der Waals surface area contributed by atoms with Gasteiger partial charge in [0.1, 0.15) is 5.75 Å². The first-order valence-electron chi connectivity index (χ1n) is 6.76. The number of pyridine rings is 1. The van der Waals surface area contributed by atoms with E-state index in [9.17, 15) is 8.78 Å². The highest BCUT2D eigenvalue weighted by Crippen LogP contribution is 2.12. The van der Waals surface area contributed by atoms with Crippen molar-refractivity contribution in [2.45, 2.75) is 19.8 Å². The van der Waals surface area contributed by atoms with Crippen molar-refractivity contribution in [3.63, 3.8) is 0 Å². The molecule has 0 N–H and O–H groups in total. The van der Waals surface area contributed by atoms with Crippen LogP contribution in [0.4, 0.5) is 8.78 Å². The van der Waals surface area contributed by atoms with Crippen LogP contribution in [-0.2, 0) is 0 Å². The molecule has 2 aromatic rings. The van der Waals surface area contributed by atoms with E-state index in [0.29, 0.717) is 6.61 Å². The molecule has 0 fully saturated rings. The molecule has 108 valence electrons. The number of hydrogen-bond donors (Lipinski definition) is 0. The third kappa shape index (κ3) is 4.57. The van der Waals surface area contributed by atoms with Gasteiger partial charge in [0, 0.05) is 5.56 Å². The van der Waals surface area contributed by atoms with Crippen LogP contribution < -0.4 is 4.74 Å². The van der Waals surface area contributed by atoms with Crippen LogP contribution in [-0.4, -0.2) is 11.6 Å². The quantitative estimate of drug-likeness (QED) is 0.483. The average molecular weight is 287 g/mol. The van der Waals surface area contributed by atoms with Crippen LogP contribution in [0.15, 0.2) is 36.4 Å². The van der Waals surface area contributed by atoms with Crippen molar-refractivity contribution in [2.75, 3.05) is 6.61 Å². The van der Waals surface area contributed by atoms with Gasteiger partial charge in [-0.25, -0.2) is 0 Å². The normalized spacial score (nSPS) is 9.86. The Morgan fingerprint density at radius 2 is 1.81 bits per heavy atom. The highest BCUT2D eigenvalue weighted by Gasteiger charge is 2.01. The van der Waals surface area contributed by atoms with E-state index in [1.807, 2.05) is 12.1 Å². The Bertz CT molecular complexity index is 657. The third-order valence-corrected chi connectivity index (χ3v) is 2.78. The van der Waals surface area contributed by atoms with Crippen LogP contribution >= 0.6 is 0 Å². The van der Waals surface area contributed by atoms with E-state index in [2.05, 4.69) is 23.7 Å². The first-order valence-corrected chi connectivity index (χ1v) is 6.76. The van der Waals surface area contributed by atoms with Crippen molar-refractivity contribution in [3.05, 3.63) is 59.4 Å². The Morgan fingerprint density at radius 3 is 2.48 bits per heavy atom. The van der Waals surface area contributed by atoms with Crippen molar-refractivity contribution >= 4 is 0 Å². The minimum Gasteiger partial charge on any atom is -0.494 e. The van der Waals surface area contributed by atoms with Gasteiger partial charge in [-0.3, -0.25) is 0 Å². The zero-order valence-corrected chi connectivity index (χ0v) is 11.7. The molecule has 0 atom stereocenters. The molecule has 21 heavy (non-hydrogen) atoms. The van der Waals surface area contributed by atoms with Gasteiger partial charge in [0.15, 0.2) is 0 Å². The number of ether oxygens (including phenoxy) is 1. The zero-order chi connectivity index (χ0) is 15.1. The van der Waals surface area contributed by atoms with Gasteiger partial charge in [0.2, 0.25) is 11.9 Å². The lowest BCUT2D eigenvalue weighted by Gasteiger charge is -2.04. The third-order valence-electron chi connectivity index (χ3n) is 2.78. The summed E-state index contributed by atoms with van der Waals surface area (Å²) in [4.78, 5) is 3.09. The fourth-order valence-corrected chi connectivity index (χ4v) is 1.61. The van der Waals surface area contributed by atoms with Gasteiger partial charge in [0.25, 0.3) is 0 Å². The molecule has 1 aromatic carbocycles. The Hall–Kier alpha value is -2.41. The fraction of sp³-hybridized carbons (Fsp3) is 0.235. The summed E-state index contributed by atoms with van der Waals surface area (Å²) >= 11 is 0. The van der Waals surface area contributed by atoms with E-state index >= 15 is 0 Å². The summed E-state index contributed by atoms with van der Waals surface area (Å²) in [6, 6.07) is 9.58. The fourth-order valence-electron chi connectivity index (χ4n) is 1.61. The smallest absolute Gasteiger partial charge is 0.231 e. The Morgan fingerprint density at radius 1 is 1.05 bits per heavy atom. The molecule has 0 saturated heterocycles. The van der Waals surface area contributed by atoms with Crippen LogP contribution in [0.1, 0.15) is 30.9 Å². The number of rotatable bonds is 4. The van der Waals surface area contributed by atoms with Gasteiger partial charge >= 0.3 is 0 Å². The number of unbranched alkanes of at least 4 members (excludes halogenated alkanes) is 1. The topological polar surface area (TPSA) is 22.1 Å². The van der Waals surface area contributed by atoms with E-state index in [0.717, 1.165) is 30.2 Å². The lowest BCUT2D eigenvalue weighted by molar-refractivity contribution is 0.309. The molecule has 0 bridgehead atoms. The van der Waals surface area contributed by atoms with Gasteiger partial charge in [0.05, 0.1) is 12.2 Å². The maximum absolute atomic E-state index is 13.3. The monoisotopic (exact) mass is 287 g/mol. The maximum Gasteiger partial charge on any atom is 0.231 e. The summed E-state index contributed by atoms with van der Waals surface area (Å²) in [5.41, 5.74) is 0.793. The van der Waals surface area contributed by atoms with E-state index in [-0.39, 0.29) is 5.56 Å². The summed E-state index contributed by atoms with van der Waals surface area (Å²) in [6.07, 6.45) is 2.10. The molecule has 1 aromatic heterocycles. The molecule has 0 spiro atoms. The van der Waals surface area contributed by atoms with Crippen LogP contribution in [0.2, 0.25) is 0 Å². The second-order valence-corrected chi connectivity index (χ2v) is 4.45. The Kier molecular flexibility index (Phi) is 5.28. The molecule has 0 aliphatic heterocycles. The lowest BCUT2D eigenvalue weighted by Crippen LogP contribution is -1.96. The summed E-state index contributed by atoms with van der Waals surface area (Å²) in [6.45, 7) is 2.79. The van der Waals surface area contributed by atoms with Crippen LogP contribution in [0.3, 0.4) is 0 Å². The van der Waals surface area contributed by atoms with Crippen molar-refractivity contribution in [1.29, 1.82) is 0 Å². The summed E-state index contributed by atoms with van der Waals surface area (Å²) in [7, 11) is 0. The largest absolute Gasteiger partial charge is 0.494 e. The molecule has 1 heterocycles. The summed E-state index contributed by atoms with van der Waals surface area (Å²) in [5.74, 6) is 4.47. The molecule has 2 nitrogen and oxygen atoms in total. The van der Waals surface area contributed by atoms with Crippen molar-refractivity contribution in [2.24, 2.45) is 0 Å². The van der Waals surface area contributed by atoms with Gasteiger partial charge < -0.3 is 4.74 Å². The predicted octanol–water partition coefficient (Wildman–Crippen LogP) is 3.94. The van der Waals surface area contributed by atoms with E-state index in [4.69, 9.17) is 4.74 Å². The molecular weight excluding hydrogens is 272 g/mol. The average Bonchev–Trinajstić information content (AvgIpc) is 2.48. The molecular formula is C17H15F2NO. The lowest BCUT2D eigenvalue weighted by atomic mass is 10.2. The molecule has 0 aliphatic rings. The highest BCUT2D eigenvalue weighted by atomic mass is 19.1. The molecule has 0 amide bonds. The first-order chi connectivity index (χ1) is 10.2. The second-order valence-electron chi connectivity index (χ2n) is 4.45. The molecule has 0 radical (unpaired) electrons. The standard InChI is InChI=1S/C17H15F2NO/c1-2-3-12-21-15-9-5-13(6-10-15)4-7-14-8-11-16(18)20-17(14)19/h5-6,8-11H,2-3,12H2,1H3. The number of aromatic nitrogens is 1. The van der Waals surface area contributed by atoms with Gasteiger partial charge in [-0.1, -0.05) is 25.2 Å². The van der Waals surface area contributed by atoms with Crippen molar-refractivity contribution in [1.82, 2.24) is 4.98 Å². The predicted molar refractivity (Wildman–Crippen MR) is 77.0 cm³/mol. The van der Waals surface area contributed by atoms with Gasteiger partial charge in [-0.15, -0.1) is 0 Å². The van der Waals surface area contributed by atoms with Crippen molar-refractivity contribution < 1.29 is 13.5 Å². The van der Waals surface area contributed by atoms with Crippen LogP contribution in [0, 0.1) is 23.7 Å². The first kappa shape index (κ1) is 15.0. The maximum atomic E-state index is 13.3. The van der Waals surface area contributed by atoms with E-state index in [1.165, 1.54) is 6.07 Å². The number of nitrogens with zero attached hydrogens (tertiary/aromatic N) is 1. The molecule has 0 unspecified atom stereocenters. The second kappa shape index (κ2) is 7.39. The zero-order valence-electron chi connectivity index (χ0n) is 11.7. The summed E-state index contributed by atoms with van der Waals surface area (Å²) < 4.78 is 31.5. The Balaban J connectivity index is 2.05. The summed E-state index contributed by atoms with van der Waals surface area (Å²) in [5, 5.41) is 0. The minimum absolute atomic E-state index is 0.0691. The van der Waals surface area contributed by atoms with Crippen LogP contribution in [0.5, 0.6) is 5.75 Å². The molecule has 4 heteroatoms. The van der Waals surface area contributed by atoms with Gasteiger partial charge in [-0.05, 0) is 42.8 Å².